The molecule has 4 N–H and O–H groups in total. The summed E-state index contributed by atoms with van der Waals surface area (Å²) < 4.78 is 13.6. The van der Waals surface area contributed by atoms with E-state index in [1.165, 1.54) is 6.07 Å². The van der Waals surface area contributed by atoms with Crippen LogP contribution < -0.4 is 5.73 Å². The van der Waals surface area contributed by atoms with Crippen LogP contribution >= 0.6 is 0 Å². The highest BCUT2D eigenvalue weighted by Gasteiger charge is 2.17. The second kappa shape index (κ2) is 4.85. The van der Waals surface area contributed by atoms with Gasteiger partial charge in [0.25, 0.3) is 0 Å². The summed E-state index contributed by atoms with van der Waals surface area (Å²) in [4.78, 5) is 2.99. The molecule has 1 atom stereocenters. The molecule has 0 amide bonds. The van der Waals surface area contributed by atoms with Gasteiger partial charge < -0.3 is 15.8 Å². The SMILES string of the molecule is Cc1[nH]c2c(F)cccc2c1C(O)CCCN. The van der Waals surface area contributed by atoms with Gasteiger partial charge in [-0.2, -0.15) is 0 Å². The second-order valence-electron chi connectivity index (χ2n) is 4.27. The molecule has 0 saturated carbocycles. The molecule has 2 rings (SSSR count). The zero-order valence-corrected chi connectivity index (χ0v) is 9.83. The second-order valence-corrected chi connectivity index (χ2v) is 4.27. The minimum atomic E-state index is -0.589. The lowest BCUT2D eigenvalue weighted by atomic mass is 10.0. The number of H-pyrrole nitrogens is 1. The van der Waals surface area contributed by atoms with Crippen LogP contribution in [0.15, 0.2) is 18.2 Å². The Bertz CT molecular complexity index is 521. The summed E-state index contributed by atoms with van der Waals surface area (Å²) in [5.41, 5.74) is 7.49. The number of halogens is 1. The van der Waals surface area contributed by atoms with Crippen molar-refractivity contribution < 1.29 is 9.50 Å². The molecular weight excluding hydrogens is 219 g/mol. The smallest absolute Gasteiger partial charge is 0.147 e. The maximum atomic E-state index is 13.6. The van der Waals surface area contributed by atoms with E-state index < -0.39 is 6.10 Å². The molecule has 1 heterocycles. The molecule has 1 unspecified atom stereocenters. The first-order chi connectivity index (χ1) is 8.15. The summed E-state index contributed by atoms with van der Waals surface area (Å²) in [6, 6.07) is 4.89. The first-order valence-electron chi connectivity index (χ1n) is 5.80. The molecule has 0 spiro atoms. The van der Waals surface area contributed by atoms with Gasteiger partial charge in [-0.05, 0) is 32.4 Å². The van der Waals surface area contributed by atoms with Crippen molar-refractivity contribution in [3.05, 3.63) is 35.3 Å². The van der Waals surface area contributed by atoms with Gasteiger partial charge in [-0.25, -0.2) is 4.39 Å². The molecule has 0 radical (unpaired) electrons. The molecule has 17 heavy (non-hydrogen) atoms. The summed E-state index contributed by atoms with van der Waals surface area (Å²) in [6.07, 6.45) is 0.762. The Morgan fingerprint density at radius 1 is 1.47 bits per heavy atom. The molecule has 0 aliphatic carbocycles. The van der Waals surface area contributed by atoms with Crippen molar-refractivity contribution in [2.45, 2.75) is 25.9 Å². The van der Waals surface area contributed by atoms with Crippen LogP contribution in [0.5, 0.6) is 0 Å². The first-order valence-corrected chi connectivity index (χ1v) is 5.80. The zero-order valence-electron chi connectivity index (χ0n) is 9.83. The Morgan fingerprint density at radius 3 is 2.94 bits per heavy atom. The highest BCUT2D eigenvalue weighted by atomic mass is 19.1. The summed E-state index contributed by atoms with van der Waals surface area (Å²) in [7, 11) is 0. The van der Waals surface area contributed by atoms with Gasteiger partial charge in [0.2, 0.25) is 0 Å². The molecule has 1 aromatic heterocycles. The monoisotopic (exact) mass is 236 g/mol. The average Bonchev–Trinajstić information content (AvgIpc) is 2.64. The number of rotatable bonds is 4. The van der Waals surface area contributed by atoms with Crippen molar-refractivity contribution in [1.82, 2.24) is 4.98 Å². The van der Waals surface area contributed by atoms with Crippen LogP contribution in [0.3, 0.4) is 0 Å². The van der Waals surface area contributed by atoms with Crippen molar-refractivity contribution in [2.75, 3.05) is 6.54 Å². The van der Waals surface area contributed by atoms with Gasteiger partial charge in [0.15, 0.2) is 0 Å². The number of aryl methyl sites for hydroxylation is 1. The lowest BCUT2D eigenvalue weighted by Gasteiger charge is -2.10. The van der Waals surface area contributed by atoms with E-state index in [1.54, 1.807) is 6.07 Å². The molecular formula is C13H17FN2O. The number of hydrogen-bond acceptors (Lipinski definition) is 2. The van der Waals surface area contributed by atoms with E-state index in [4.69, 9.17) is 5.73 Å². The number of fused-ring (bicyclic) bond motifs is 1. The third-order valence-corrected chi connectivity index (χ3v) is 3.04. The third-order valence-electron chi connectivity index (χ3n) is 3.04. The van der Waals surface area contributed by atoms with Crippen LogP contribution in [-0.4, -0.2) is 16.6 Å². The molecule has 0 aliphatic rings. The standard InChI is InChI=1S/C13H17FN2O/c1-8-12(11(17)6-3-7-15)9-4-2-5-10(14)13(9)16-8/h2,4-5,11,16-17H,3,6-7,15H2,1H3. The topological polar surface area (TPSA) is 62.0 Å². The fraction of sp³-hybridized carbons (Fsp3) is 0.385. The van der Waals surface area contributed by atoms with E-state index >= 15 is 0 Å². The van der Waals surface area contributed by atoms with Crippen LogP contribution in [0.25, 0.3) is 10.9 Å². The van der Waals surface area contributed by atoms with Gasteiger partial charge >= 0.3 is 0 Å². The number of para-hydroxylation sites is 1. The normalized spacial score (nSPS) is 13.2. The van der Waals surface area contributed by atoms with Crippen LogP contribution in [0.4, 0.5) is 4.39 Å². The van der Waals surface area contributed by atoms with Crippen molar-refractivity contribution in [3.8, 4) is 0 Å². The number of nitrogens with two attached hydrogens (primary N) is 1. The predicted octanol–water partition coefficient (Wildman–Crippen LogP) is 2.39. The number of nitrogens with one attached hydrogen (secondary N) is 1. The van der Waals surface area contributed by atoms with Crippen molar-refractivity contribution in [1.29, 1.82) is 0 Å². The Kier molecular flexibility index (Phi) is 3.45. The fourth-order valence-electron chi connectivity index (χ4n) is 2.22. The summed E-state index contributed by atoms with van der Waals surface area (Å²) in [6.45, 7) is 2.40. The number of aliphatic hydroxyl groups excluding tert-OH is 1. The van der Waals surface area contributed by atoms with Crippen molar-refractivity contribution in [2.24, 2.45) is 5.73 Å². The summed E-state index contributed by atoms with van der Waals surface area (Å²) in [5.74, 6) is -0.289. The number of hydrogen-bond donors (Lipinski definition) is 3. The molecule has 2 aromatic rings. The van der Waals surface area contributed by atoms with Crippen LogP contribution in [0.1, 0.15) is 30.2 Å². The summed E-state index contributed by atoms with van der Waals surface area (Å²) in [5, 5.41) is 10.9. The zero-order chi connectivity index (χ0) is 12.4. The van der Waals surface area contributed by atoms with Crippen LogP contribution in [0, 0.1) is 12.7 Å². The van der Waals surface area contributed by atoms with Gasteiger partial charge in [-0.1, -0.05) is 12.1 Å². The maximum absolute atomic E-state index is 13.6. The van der Waals surface area contributed by atoms with Gasteiger partial charge in [-0.3, -0.25) is 0 Å². The van der Waals surface area contributed by atoms with Gasteiger partial charge in [0.1, 0.15) is 5.82 Å². The van der Waals surface area contributed by atoms with E-state index in [2.05, 4.69) is 4.98 Å². The largest absolute Gasteiger partial charge is 0.388 e. The maximum Gasteiger partial charge on any atom is 0.147 e. The lowest BCUT2D eigenvalue weighted by molar-refractivity contribution is 0.166. The van der Waals surface area contributed by atoms with E-state index in [1.807, 2.05) is 13.0 Å². The molecule has 0 bridgehead atoms. The molecule has 1 aromatic carbocycles. The Hall–Kier alpha value is -1.39. The van der Waals surface area contributed by atoms with Gasteiger partial charge in [-0.15, -0.1) is 0 Å². The molecule has 92 valence electrons. The first kappa shape index (κ1) is 12.1. The number of aromatic amines is 1. The fourth-order valence-corrected chi connectivity index (χ4v) is 2.22. The minimum Gasteiger partial charge on any atom is -0.388 e. The van der Waals surface area contributed by atoms with Gasteiger partial charge in [0, 0.05) is 16.6 Å². The number of benzene rings is 1. The van der Waals surface area contributed by atoms with Gasteiger partial charge in [0.05, 0.1) is 11.6 Å². The van der Waals surface area contributed by atoms with Crippen LogP contribution in [-0.2, 0) is 0 Å². The van der Waals surface area contributed by atoms with E-state index in [9.17, 15) is 9.50 Å². The summed E-state index contributed by atoms with van der Waals surface area (Å²) >= 11 is 0. The minimum absolute atomic E-state index is 0.289. The van der Waals surface area contributed by atoms with Crippen LogP contribution in [0.2, 0.25) is 0 Å². The predicted molar refractivity (Wildman–Crippen MR) is 66.2 cm³/mol. The molecule has 0 aliphatic heterocycles. The Morgan fingerprint density at radius 2 is 2.24 bits per heavy atom. The molecule has 4 heteroatoms. The number of aromatic nitrogens is 1. The Balaban J connectivity index is 2.46. The quantitative estimate of drug-likeness (QED) is 0.763. The Labute approximate surface area is 99.4 Å². The van der Waals surface area contributed by atoms with Crippen molar-refractivity contribution in [3.63, 3.8) is 0 Å². The van der Waals surface area contributed by atoms with Crippen molar-refractivity contribution >= 4 is 10.9 Å². The highest BCUT2D eigenvalue weighted by molar-refractivity contribution is 5.85. The molecule has 0 saturated heterocycles. The lowest BCUT2D eigenvalue weighted by Crippen LogP contribution is -2.04. The molecule has 3 nitrogen and oxygen atoms in total. The third kappa shape index (κ3) is 2.18. The molecule has 0 fully saturated rings. The average molecular weight is 236 g/mol. The number of aliphatic hydroxyl groups is 1. The van der Waals surface area contributed by atoms with E-state index in [0.29, 0.717) is 18.5 Å². The highest BCUT2D eigenvalue weighted by Crippen LogP contribution is 2.31. The van der Waals surface area contributed by atoms with E-state index in [-0.39, 0.29) is 5.82 Å². The van der Waals surface area contributed by atoms with E-state index in [0.717, 1.165) is 23.1 Å².